The average molecular weight is 290 g/mol. The molecule has 0 amide bonds. The van der Waals surface area contributed by atoms with E-state index in [1.165, 1.54) is 4.68 Å². The molecule has 20 heavy (non-hydrogen) atoms. The number of aromatic nitrogens is 4. The molecule has 1 N–H and O–H groups in total. The van der Waals surface area contributed by atoms with Gasteiger partial charge in [-0.05, 0) is 29.2 Å². The highest BCUT2D eigenvalue weighted by molar-refractivity contribution is 5.67. The first-order chi connectivity index (χ1) is 9.58. The minimum atomic E-state index is -2.50. The van der Waals surface area contributed by atoms with E-state index in [0.717, 1.165) is 12.8 Å². The van der Waals surface area contributed by atoms with Gasteiger partial charge >= 0.3 is 5.97 Å². The van der Waals surface area contributed by atoms with Gasteiger partial charge in [0.1, 0.15) is 6.61 Å². The highest BCUT2D eigenvalue weighted by atomic mass is 19.3. The molecule has 1 aliphatic carbocycles. The number of hydrogen-bond donors (Lipinski definition) is 1. The quantitative estimate of drug-likeness (QED) is 0.680. The summed E-state index contributed by atoms with van der Waals surface area (Å²) in [5, 5.41) is 20.1. The second-order valence-electron chi connectivity index (χ2n) is 4.76. The number of carboxylic acid groups (broad SMARTS) is 1. The zero-order chi connectivity index (χ0) is 14.5. The van der Waals surface area contributed by atoms with Crippen molar-refractivity contribution in [1.29, 1.82) is 0 Å². The molecule has 0 aliphatic heterocycles. The SMILES string of the molecule is O=C(O)CC(C1CC1)n1nnnc1CCOCC(F)F. The predicted molar refractivity (Wildman–Crippen MR) is 62.4 cm³/mol. The van der Waals surface area contributed by atoms with Crippen LogP contribution in [0.2, 0.25) is 0 Å². The van der Waals surface area contributed by atoms with Gasteiger partial charge < -0.3 is 9.84 Å². The third-order valence-electron chi connectivity index (χ3n) is 3.14. The fraction of sp³-hybridized carbons (Fsp3) is 0.818. The van der Waals surface area contributed by atoms with E-state index in [0.29, 0.717) is 5.82 Å². The summed E-state index contributed by atoms with van der Waals surface area (Å²) in [6.07, 6.45) is -0.348. The Labute approximate surface area is 113 Å². The molecule has 1 aliphatic rings. The van der Waals surface area contributed by atoms with E-state index < -0.39 is 19.0 Å². The molecule has 1 unspecified atom stereocenters. The topological polar surface area (TPSA) is 90.1 Å². The summed E-state index contributed by atoms with van der Waals surface area (Å²) in [5.41, 5.74) is 0. The van der Waals surface area contributed by atoms with E-state index in [-0.39, 0.29) is 31.4 Å². The molecule has 1 saturated carbocycles. The highest BCUT2D eigenvalue weighted by Crippen LogP contribution is 2.41. The van der Waals surface area contributed by atoms with Crippen LogP contribution in [0.4, 0.5) is 8.78 Å². The molecule has 1 atom stereocenters. The Hall–Kier alpha value is -1.64. The lowest BCUT2D eigenvalue weighted by molar-refractivity contribution is -0.138. The molecule has 0 saturated heterocycles. The van der Waals surface area contributed by atoms with Gasteiger partial charge in [-0.3, -0.25) is 4.79 Å². The van der Waals surface area contributed by atoms with Crippen LogP contribution in [-0.2, 0) is 16.0 Å². The number of hydrogen-bond acceptors (Lipinski definition) is 5. The van der Waals surface area contributed by atoms with Crippen LogP contribution >= 0.6 is 0 Å². The lowest BCUT2D eigenvalue weighted by atomic mass is 10.1. The maximum atomic E-state index is 11.9. The Kier molecular flexibility index (Phi) is 4.94. The standard InChI is InChI=1S/C11H16F2N4O3/c12-9(13)6-20-4-3-10-14-15-16-17(10)8(5-11(18)19)7-1-2-7/h7-9H,1-6H2,(H,18,19). The van der Waals surface area contributed by atoms with Crippen molar-refractivity contribution in [2.45, 2.75) is 38.2 Å². The van der Waals surface area contributed by atoms with Crippen LogP contribution in [0.15, 0.2) is 0 Å². The summed E-state index contributed by atoms with van der Waals surface area (Å²) >= 11 is 0. The minimum absolute atomic E-state index is 0.0411. The molecule has 2 rings (SSSR count). The van der Waals surface area contributed by atoms with Crippen LogP contribution in [0, 0.1) is 5.92 Å². The zero-order valence-electron chi connectivity index (χ0n) is 10.8. The first-order valence-electron chi connectivity index (χ1n) is 6.42. The molecule has 9 heteroatoms. The van der Waals surface area contributed by atoms with Crippen LogP contribution < -0.4 is 0 Å². The summed E-state index contributed by atoms with van der Waals surface area (Å²) in [6.45, 7) is -0.544. The number of rotatable bonds is 9. The fourth-order valence-corrected chi connectivity index (χ4v) is 2.08. The molecule has 0 aromatic carbocycles. The van der Waals surface area contributed by atoms with E-state index >= 15 is 0 Å². The monoisotopic (exact) mass is 290 g/mol. The number of nitrogens with zero attached hydrogens (tertiary/aromatic N) is 4. The van der Waals surface area contributed by atoms with Gasteiger partial charge in [0.25, 0.3) is 6.43 Å². The number of carbonyl (C=O) groups is 1. The van der Waals surface area contributed by atoms with Crippen LogP contribution in [0.25, 0.3) is 0 Å². The van der Waals surface area contributed by atoms with E-state index in [1.807, 2.05) is 0 Å². The first-order valence-corrected chi connectivity index (χ1v) is 6.42. The van der Waals surface area contributed by atoms with Gasteiger partial charge in [-0.2, -0.15) is 0 Å². The van der Waals surface area contributed by atoms with Crippen LogP contribution in [-0.4, -0.2) is 50.9 Å². The third-order valence-corrected chi connectivity index (χ3v) is 3.14. The lowest BCUT2D eigenvalue weighted by Crippen LogP contribution is -2.20. The molecule has 1 aromatic rings. The maximum absolute atomic E-state index is 11.9. The molecule has 1 fully saturated rings. The number of aliphatic carboxylic acids is 1. The van der Waals surface area contributed by atoms with E-state index in [2.05, 4.69) is 15.5 Å². The molecular formula is C11H16F2N4O3. The molecule has 1 heterocycles. The second kappa shape index (κ2) is 6.69. The van der Waals surface area contributed by atoms with Gasteiger partial charge in [0.15, 0.2) is 5.82 Å². The third kappa shape index (κ3) is 4.19. The maximum Gasteiger partial charge on any atom is 0.305 e. The van der Waals surface area contributed by atoms with Crippen molar-refractivity contribution in [1.82, 2.24) is 20.2 Å². The normalized spacial score (nSPS) is 16.6. The van der Waals surface area contributed by atoms with Crippen LogP contribution in [0.5, 0.6) is 0 Å². The number of tetrazole rings is 1. The summed E-state index contributed by atoms with van der Waals surface area (Å²) in [7, 11) is 0. The van der Waals surface area contributed by atoms with Crippen molar-refractivity contribution in [3.63, 3.8) is 0 Å². The van der Waals surface area contributed by atoms with Crippen molar-refractivity contribution in [3.8, 4) is 0 Å². The van der Waals surface area contributed by atoms with Crippen molar-refractivity contribution in [2.24, 2.45) is 5.92 Å². The Morgan fingerprint density at radius 3 is 2.85 bits per heavy atom. The van der Waals surface area contributed by atoms with Crippen molar-refractivity contribution < 1.29 is 23.4 Å². The van der Waals surface area contributed by atoms with Gasteiger partial charge in [0.2, 0.25) is 0 Å². The number of alkyl halides is 2. The van der Waals surface area contributed by atoms with Crippen molar-refractivity contribution in [2.75, 3.05) is 13.2 Å². The van der Waals surface area contributed by atoms with Gasteiger partial charge in [-0.15, -0.1) is 5.10 Å². The Morgan fingerprint density at radius 1 is 1.50 bits per heavy atom. The van der Waals surface area contributed by atoms with Crippen molar-refractivity contribution >= 4 is 5.97 Å². The van der Waals surface area contributed by atoms with E-state index in [1.54, 1.807) is 0 Å². The Bertz CT molecular complexity index is 451. The summed E-state index contributed by atoms with van der Waals surface area (Å²) < 4.78 is 30.1. The molecular weight excluding hydrogens is 274 g/mol. The minimum Gasteiger partial charge on any atom is -0.481 e. The number of carboxylic acids is 1. The predicted octanol–water partition coefficient (Wildman–Crippen LogP) is 0.923. The highest BCUT2D eigenvalue weighted by Gasteiger charge is 2.36. The van der Waals surface area contributed by atoms with E-state index in [4.69, 9.17) is 9.84 Å². The number of ether oxygens (including phenoxy) is 1. The summed E-state index contributed by atoms with van der Waals surface area (Å²) in [6, 6.07) is -0.271. The fourth-order valence-electron chi connectivity index (χ4n) is 2.08. The molecule has 112 valence electrons. The first kappa shape index (κ1) is 14.8. The zero-order valence-corrected chi connectivity index (χ0v) is 10.8. The molecule has 0 spiro atoms. The number of halogens is 2. The molecule has 1 aromatic heterocycles. The van der Waals surface area contributed by atoms with Crippen LogP contribution in [0.3, 0.4) is 0 Å². The summed E-state index contributed by atoms with van der Waals surface area (Å²) in [4.78, 5) is 10.9. The summed E-state index contributed by atoms with van der Waals surface area (Å²) in [5.74, 6) is -0.162. The average Bonchev–Trinajstić information content (AvgIpc) is 3.11. The smallest absolute Gasteiger partial charge is 0.305 e. The van der Waals surface area contributed by atoms with Gasteiger partial charge in [0, 0.05) is 6.42 Å². The lowest BCUT2D eigenvalue weighted by Gasteiger charge is -2.15. The van der Waals surface area contributed by atoms with Gasteiger partial charge in [0.05, 0.1) is 19.1 Å². The largest absolute Gasteiger partial charge is 0.481 e. The van der Waals surface area contributed by atoms with E-state index in [9.17, 15) is 13.6 Å². The second-order valence-corrected chi connectivity index (χ2v) is 4.76. The van der Waals surface area contributed by atoms with Crippen molar-refractivity contribution in [3.05, 3.63) is 5.82 Å². The van der Waals surface area contributed by atoms with Gasteiger partial charge in [-0.25, -0.2) is 13.5 Å². The Morgan fingerprint density at radius 2 is 2.25 bits per heavy atom. The molecule has 0 radical (unpaired) electrons. The molecule has 7 nitrogen and oxygen atoms in total. The molecule has 0 bridgehead atoms. The van der Waals surface area contributed by atoms with Crippen LogP contribution in [0.1, 0.15) is 31.1 Å². The Balaban J connectivity index is 1.93. The van der Waals surface area contributed by atoms with Gasteiger partial charge in [-0.1, -0.05) is 0 Å².